The molecule has 0 radical (unpaired) electrons. The van der Waals surface area contributed by atoms with Gasteiger partial charge in [-0.25, -0.2) is 0 Å². The molecule has 0 aromatic heterocycles. The molecule has 12 N–H and O–H groups in total. The summed E-state index contributed by atoms with van der Waals surface area (Å²) >= 11 is 0. The van der Waals surface area contributed by atoms with Gasteiger partial charge in [0.25, 0.3) is 0 Å². The van der Waals surface area contributed by atoms with E-state index in [1.807, 2.05) is 0 Å². The summed E-state index contributed by atoms with van der Waals surface area (Å²) < 4.78 is 34.1. The maximum atomic E-state index is 13.3. The van der Waals surface area contributed by atoms with Gasteiger partial charge in [-0.3, -0.25) is 4.79 Å². The Kier molecular flexibility index (Phi) is 39.0. The van der Waals surface area contributed by atoms with Crippen LogP contribution in [0.25, 0.3) is 0 Å². The molecule has 0 aliphatic carbocycles. The van der Waals surface area contributed by atoms with Gasteiger partial charge in [-0.05, 0) is 89.9 Å². The number of amides is 1. The molecular weight excluding hydrogens is 1050 g/mol. The van der Waals surface area contributed by atoms with Gasteiger partial charge in [0, 0.05) is 6.42 Å². The molecule has 3 aliphatic heterocycles. The van der Waals surface area contributed by atoms with Crippen LogP contribution in [-0.4, -0.2) is 193 Å². The minimum Gasteiger partial charge on any atom is -0.394 e. The lowest BCUT2D eigenvalue weighted by Gasteiger charge is -2.48. The van der Waals surface area contributed by atoms with E-state index in [9.17, 15) is 61.0 Å². The Balaban J connectivity index is 1.47. The zero-order chi connectivity index (χ0) is 59.0. The number of unbranched alkanes of at least 4 members (excludes halogenated alkanes) is 9. The summed E-state index contributed by atoms with van der Waals surface area (Å²) in [6.45, 7) is 1.44. The van der Waals surface area contributed by atoms with E-state index in [2.05, 4.69) is 116 Å². The van der Waals surface area contributed by atoms with Crippen molar-refractivity contribution in [3.05, 3.63) is 109 Å². The number of carbonyl (C=O) groups is 1. The number of allylic oxidation sites excluding steroid dienone is 17. The Morgan fingerprint density at radius 3 is 1.37 bits per heavy atom. The van der Waals surface area contributed by atoms with Gasteiger partial charge in [-0.15, -0.1) is 0 Å². The van der Waals surface area contributed by atoms with Crippen molar-refractivity contribution in [1.29, 1.82) is 0 Å². The molecule has 19 nitrogen and oxygen atoms in total. The molecule has 17 atom stereocenters. The summed E-state index contributed by atoms with van der Waals surface area (Å²) in [4.78, 5) is 13.3. The lowest BCUT2D eigenvalue weighted by Crippen LogP contribution is -2.66. The molecule has 81 heavy (non-hydrogen) atoms. The maximum absolute atomic E-state index is 13.3. The van der Waals surface area contributed by atoms with E-state index in [1.165, 1.54) is 0 Å². The van der Waals surface area contributed by atoms with Gasteiger partial charge < -0.3 is 89.9 Å². The van der Waals surface area contributed by atoms with Gasteiger partial charge in [0.05, 0.1) is 38.6 Å². The van der Waals surface area contributed by atoms with Gasteiger partial charge in [0.2, 0.25) is 5.91 Å². The largest absolute Gasteiger partial charge is 0.394 e. The van der Waals surface area contributed by atoms with Crippen LogP contribution in [0.15, 0.2) is 109 Å². The van der Waals surface area contributed by atoms with E-state index in [-0.39, 0.29) is 18.9 Å². The number of aliphatic hydroxyl groups excluding tert-OH is 11. The van der Waals surface area contributed by atoms with Crippen molar-refractivity contribution in [2.45, 2.75) is 247 Å². The molecule has 17 unspecified atom stereocenters. The molecule has 1 amide bonds. The van der Waals surface area contributed by atoms with Crippen molar-refractivity contribution < 1.29 is 89.4 Å². The summed E-state index contributed by atoms with van der Waals surface area (Å²) in [7, 11) is 0. The number of aliphatic hydroxyl groups is 11. The normalized spacial score (nSPS) is 30.6. The molecule has 3 aliphatic rings. The van der Waals surface area contributed by atoms with Crippen LogP contribution in [0.3, 0.4) is 0 Å². The summed E-state index contributed by atoms with van der Waals surface area (Å²) in [6, 6.07) is -1.01. The van der Waals surface area contributed by atoms with Gasteiger partial charge in [-0.2, -0.15) is 0 Å². The van der Waals surface area contributed by atoms with Crippen molar-refractivity contribution in [3.63, 3.8) is 0 Å². The Morgan fingerprint density at radius 2 is 0.864 bits per heavy atom. The summed E-state index contributed by atoms with van der Waals surface area (Å²) in [6.07, 6.45) is 29.4. The second kappa shape index (κ2) is 44.0. The third kappa shape index (κ3) is 27.8. The second-order valence-electron chi connectivity index (χ2n) is 20.7. The first kappa shape index (κ1) is 71.7. The van der Waals surface area contributed by atoms with Crippen LogP contribution in [0.2, 0.25) is 0 Å². The first-order chi connectivity index (χ1) is 39.3. The first-order valence-electron chi connectivity index (χ1n) is 29.6. The fraction of sp³-hybridized carbons (Fsp3) is 0.694. The topological polar surface area (TPSA) is 307 Å². The van der Waals surface area contributed by atoms with Crippen molar-refractivity contribution >= 4 is 5.91 Å². The van der Waals surface area contributed by atoms with Crippen LogP contribution in [0.4, 0.5) is 0 Å². The molecule has 3 heterocycles. The smallest absolute Gasteiger partial charge is 0.220 e. The van der Waals surface area contributed by atoms with Gasteiger partial charge in [0.1, 0.15) is 73.2 Å². The third-order valence-electron chi connectivity index (χ3n) is 14.0. The maximum Gasteiger partial charge on any atom is 0.220 e. The fourth-order valence-electron chi connectivity index (χ4n) is 9.17. The standard InChI is InChI=1S/C62H101NO18/c1-3-5-7-9-11-13-15-16-17-18-19-20-21-22-23-24-25-26-27-28-30-32-34-36-38-40-50(68)63-45(46(67)39-37-35-33-31-29-14-12-10-8-6-4-2)44-76-60-56(74)53(71)58(48(42-65)78-60)81-62-57(75)54(72)59(49(43-66)79-62)80-61-55(73)52(70)51(69)47(41-64)77-61/h5,7-8,10-11,13,16-17,19-20,22-23,25-26,29,31,37,39,45-49,51-62,64-67,69-75H,3-4,6,9,12,14-15,18,21,24,27-28,30,32-36,38,40-44H2,1-2H3,(H,63,68)/b7-5-,10-8+,13-11-,17-16-,20-19-,23-22-,26-25-,31-29+,39-37+. The van der Waals surface area contributed by atoms with E-state index < -0.39 is 124 Å². The fourth-order valence-corrected chi connectivity index (χ4v) is 9.17. The summed E-state index contributed by atoms with van der Waals surface area (Å²) in [5.74, 6) is -0.313. The molecular formula is C62H101NO18. The highest BCUT2D eigenvalue weighted by Crippen LogP contribution is 2.33. The third-order valence-corrected chi connectivity index (χ3v) is 14.0. The van der Waals surface area contributed by atoms with Crippen LogP contribution in [0, 0.1) is 0 Å². The van der Waals surface area contributed by atoms with Gasteiger partial charge >= 0.3 is 0 Å². The minimum absolute atomic E-state index is 0.207. The monoisotopic (exact) mass is 1150 g/mol. The molecule has 462 valence electrons. The second-order valence-corrected chi connectivity index (χ2v) is 20.7. The molecule has 0 aromatic carbocycles. The Morgan fingerprint density at radius 1 is 0.457 bits per heavy atom. The average molecular weight is 1150 g/mol. The summed E-state index contributed by atoms with van der Waals surface area (Å²) in [5.41, 5.74) is 0. The lowest BCUT2D eigenvalue weighted by atomic mass is 9.96. The predicted molar refractivity (Wildman–Crippen MR) is 309 cm³/mol. The van der Waals surface area contributed by atoms with Crippen molar-refractivity contribution in [1.82, 2.24) is 5.32 Å². The van der Waals surface area contributed by atoms with Crippen LogP contribution in [0.5, 0.6) is 0 Å². The summed E-state index contributed by atoms with van der Waals surface area (Å²) in [5, 5.41) is 120. The Bertz CT molecular complexity index is 1900. The molecule has 0 saturated carbocycles. The van der Waals surface area contributed by atoms with Crippen molar-refractivity contribution in [2.75, 3.05) is 26.4 Å². The average Bonchev–Trinajstić information content (AvgIpc) is 3.51. The van der Waals surface area contributed by atoms with Crippen molar-refractivity contribution in [2.24, 2.45) is 0 Å². The van der Waals surface area contributed by atoms with Crippen LogP contribution < -0.4 is 5.32 Å². The minimum atomic E-state index is -1.99. The van der Waals surface area contributed by atoms with Crippen LogP contribution in [-0.2, 0) is 33.2 Å². The van der Waals surface area contributed by atoms with Gasteiger partial charge in [-0.1, -0.05) is 155 Å². The number of ether oxygens (including phenoxy) is 6. The number of hydrogen-bond acceptors (Lipinski definition) is 18. The van der Waals surface area contributed by atoms with Crippen LogP contribution in [0.1, 0.15) is 142 Å². The number of carbonyl (C=O) groups excluding carboxylic acids is 1. The molecule has 0 spiro atoms. The highest BCUT2D eigenvalue weighted by molar-refractivity contribution is 5.76. The molecule has 3 saturated heterocycles. The van der Waals surface area contributed by atoms with Crippen LogP contribution >= 0.6 is 0 Å². The Labute approximate surface area is 481 Å². The zero-order valence-electron chi connectivity index (χ0n) is 48.0. The van der Waals surface area contributed by atoms with E-state index in [0.29, 0.717) is 12.8 Å². The molecule has 3 fully saturated rings. The lowest BCUT2D eigenvalue weighted by molar-refractivity contribution is -0.379. The zero-order valence-corrected chi connectivity index (χ0v) is 48.0. The molecule has 3 rings (SSSR count). The Hall–Kier alpha value is -3.55. The molecule has 0 aromatic rings. The highest BCUT2D eigenvalue weighted by atomic mass is 16.8. The SMILES string of the molecule is CC/C=C\C/C=C\C/C=C\C/C=C\C/C=C\C/C=C\CCCCCCCCC(=O)NC(COC1OC(CO)C(OC2OC(CO)C(OC3OC(CO)C(O)C(O)C3O)C(O)C2O)C(O)C1O)C(O)/C=C/CC/C=C/CC/C=C/CCC. The number of rotatable bonds is 41. The first-order valence-corrected chi connectivity index (χ1v) is 29.6. The van der Waals surface area contributed by atoms with E-state index >= 15 is 0 Å². The van der Waals surface area contributed by atoms with Crippen molar-refractivity contribution in [3.8, 4) is 0 Å². The molecule has 0 bridgehead atoms. The number of hydrogen-bond donors (Lipinski definition) is 12. The van der Waals surface area contributed by atoms with Gasteiger partial charge in [0.15, 0.2) is 18.9 Å². The van der Waals surface area contributed by atoms with E-state index in [0.717, 1.165) is 109 Å². The highest BCUT2D eigenvalue weighted by Gasteiger charge is 2.53. The molecule has 19 heteroatoms. The van der Waals surface area contributed by atoms with E-state index in [4.69, 9.17) is 28.4 Å². The van der Waals surface area contributed by atoms with E-state index in [1.54, 1.807) is 12.2 Å². The number of nitrogens with one attached hydrogen (secondary N) is 1. The quantitative estimate of drug-likeness (QED) is 0.0278. The predicted octanol–water partition coefficient (Wildman–Crippen LogP) is 5.14.